The molecule has 1 N–H and O–H groups in total. The number of unbranched alkanes of at least 4 members (excludes halogenated alkanes) is 13. The maximum Gasteiger partial charge on any atom is 0.309 e. The minimum atomic E-state index is -0.988. The second-order valence-corrected chi connectivity index (χ2v) is 10.4. The second-order valence-electron chi connectivity index (χ2n) is 10.4. The summed E-state index contributed by atoms with van der Waals surface area (Å²) in [6, 6.07) is 0. The molecule has 0 spiro atoms. The van der Waals surface area contributed by atoms with Crippen molar-refractivity contribution < 1.29 is 14.6 Å². The summed E-state index contributed by atoms with van der Waals surface area (Å²) >= 11 is 0. The second kappa shape index (κ2) is 19.6. The van der Waals surface area contributed by atoms with Gasteiger partial charge in [0.1, 0.15) is 11.7 Å². The fraction of sp³-hybridized carbons (Fsp3) is 0.897. The zero-order valence-corrected chi connectivity index (χ0v) is 22.5. The highest BCUT2D eigenvalue weighted by Crippen LogP contribution is 2.24. The van der Waals surface area contributed by atoms with Crippen LogP contribution in [-0.2, 0) is 9.53 Å². The molecule has 32 heavy (non-hydrogen) atoms. The van der Waals surface area contributed by atoms with Gasteiger partial charge in [0.15, 0.2) is 0 Å². The maximum absolute atomic E-state index is 12.3. The zero-order chi connectivity index (χ0) is 24.2. The van der Waals surface area contributed by atoms with Crippen molar-refractivity contribution in [3.8, 4) is 0 Å². The van der Waals surface area contributed by atoms with Crippen LogP contribution >= 0.6 is 0 Å². The first-order valence-electron chi connectivity index (χ1n) is 13.8. The van der Waals surface area contributed by atoms with Gasteiger partial charge in [-0.1, -0.05) is 110 Å². The minimum absolute atomic E-state index is 0.0428. The third kappa shape index (κ3) is 15.9. The SMILES string of the molecule is CCCCCCCCCC=CCCCCCCCCC(C)C(=O)OC(C)C(C)(O)C(C)C. The predicted molar refractivity (Wildman–Crippen MR) is 139 cm³/mol. The Kier molecular flexibility index (Phi) is 19.1. The van der Waals surface area contributed by atoms with E-state index < -0.39 is 11.7 Å². The lowest BCUT2D eigenvalue weighted by atomic mass is 9.87. The number of hydrogen-bond acceptors (Lipinski definition) is 3. The lowest BCUT2D eigenvalue weighted by Crippen LogP contribution is -2.45. The van der Waals surface area contributed by atoms with Gasteiger partial charge < -0.3 is 9.84 Å². The van der Waals surface area contributed by atoms with Gasteiger partial charge in [-0.2, -0.15) is 0 Å². The average molecular weight is 453 g/mol. The third-order valence-corrected chi connectivity index (χ3v) is 7.09. The quantitative estimate of drug-likeness (QED) is 0.107. The summed E-state index contributed by atoms with van der Waals surface area (Å²) in [5.41, 5.74) is -0.988. The first-order chi connectivity index (χ1) is 15.2. The van der Waals surface area contributed by atoms with Crippen molar-refractivity contribution in [3.05, 3.63) is 12.2 Å². The van der Waals surface area contributed by atoms with Crippen molar-refractivity contribution in [2.24, 2.45) is 11.8 Å². The van der Waals surface area contributed by atoms with Crippen LogP contribution in [0.1, 0.15) is 144 Å². The van der Waals surface area contributed by atoms with E-state index in [9.17, 15) is 9.90 Å². The summed E-state index contributed by atoms with van der Waals surface area (Å²) in [7, 11) is 0. The van der Waals surface area contributed by atoms with Crippen LogP contribution in [0, 0.1) is 11.8 Å². The Morgan fingerprint density at radius 2 is 1.22 bits per heavy atom. The molecule has 0 radical (unpaired) electrons. The minimum Gasteiger partial charge on any atom is -0.459 e. The molecule has 0 heterocycles. The summed E-state index contributed by atoms with van der Waals surface area (Å²) < 4.78 is 5.53. The first-order valence-corrected chi connectivity index (χ1v) is 13.8. The van der Waals surface area contributed by atoms with E-state index >= 15 is 0 Å². The fourth-order valence-electron chi connectivity index (χ4n) is 3.87. The molecule has 0 aromatic carbocycles. The Morgan fingerprint density at radius 3 is 1.69 bits per heavy atom. The van der Waals surface area contributed by atoms with Gasteiger partial charge in [-0.3, -0.25) is 4.79 Å². The highest BCUT2D eigenvalue weighted by atomic mass is 16.6. The van der Waals surface area contributed by atoms with Gasteiger partial charge in [-0.05, 0) is 51.9 Å². The van der Waals surface area contributed by atoms with E-state index in [1.807, 2.05) is 20.8 Å². The van der Waals surface area contributed by atoms with E-state index in [1.54, 1.807) is 13.8 Å². The van der Waals surface area contributed by atoms with Crippen LogP contribution in [0.3, 0.4) is 0 Å². The number of esters is 1. The van der Waals surface area contributed by atoms with Crippen molar-refractivity contribution in [1.82, 2.24) is 0 Å². The smallest absolute Gasteiger partial charge is 0.309 e. The standard InChI is InChI=1S/C29H56O3/c1-7-8-9-10-11-12-13-14-15-16-17-18-19-20-21-22-23-24-26(4)28(30)32-27(5)29(6,31)25(2)3/h15-16,25-27,31H,7-14,17-24H2,1-6H3. The molecule has 0 saturated heterocycles. The molecule has 0 aromatic heterocycles. The maximum atomic E-state index is 12.3. The highest BCUT2D eigenvalue weighted by Gasteiger charge is 2.35. The predicted octanol–water partition coefficient (Wildman–Crippen LogP) is 8.78. The van der Waals surface area contributed by atoms with Crippen LogP contribution in [-0.4, -0.2) is 22.8 Å². The zero-order valence-electron chi connectivity index (χ0n) is 22.5. The van der Waals surface area contributed by atoms with Gasteiger partial charge in [-0.15, -0.1) is 0 Å². The van der Waals surface area contributed by atoms with E-state index in [2.05, 4.69) is 19.1 Å². The number of rotatable bonds is 21. The van der Waals surface area contributed by atoms with Crippen molar-refractivity contribution >= 4 is 5.97 Å². The van der Waals surface area contributed by atoms with Crippen LogP contribution in [0.15, 0.2) is 12.2 Å². The highest BCUT2D eigenvalue weighted by molar-refractivity contribution is 5.72. The van der Waals surface area contributed by atoms with E-state index in [0.717, 1.165) is 12.8 Å². The number of carbonyl (C=O) groups excluding carboxylic acids is 1. The molecule has 0 amide bonds. The Labute approximate surface area is 200 Å². The molecule has 0 rings (SSSR count). The third-order valence-electron chi connectivity index (χ3n) is 7.09. The van der Waals surface area contributed by atoms with Gasteiger partial charge in [-0.25, -0.2) is 0 Å². The Bertz CT molecular complexity index is 467. The Hall–Kier alpha value is -0.830. The van der Waals surface area contributed by atoms with Crippen LogP contribution in [0.2, 0.25) is 0 Å². The molecule has 0 fully saturated rings. The van der Waals surface area contributed by atoms with E-state index in [1.165, 1.54) is 89.9 Å². The molecule has 0 aliphatic heterocycles. The number of carbonyl (C=O) groups is 1. The number of hydrogen-bond donors (Lipinski definition) is 1. The van der Waals surface area contributed by atoms with Crippen LogP contribution in [0.5, 0.6) is 0 Å². The fourth-order valence-corrected chi connectivity index (χ4v) is 3.87. The van der Waals surface area contributed by atoms with Gasteiger partial charge in [0.05, 0.1) is 5.92 Å². The largest absolute Gasteiger partial charge is 0.459 e. The van der Waals surface area contributed by atoms with E-state index in [4.69, 9.17) is 4.74 Å². The van der Waals surface area contributed by atoms with Gasteiger partial charge >= 0.3 is 5.97 Å². The van der Waals surface area contributed by atoms with Crippen molar-refractivity contribution in [1.29, 1.82) is 0 Å². The lowest BCUT2D eigenvalue weighted by molar-refractivity contribution is -0.170. The van der Waals surface area contributed by atoms with Crippen LogP contribution < -0.4 is 0 Å². The van der Waals surface area contributed by atoms with Crippen molar-refractivity contribution in [2.75, 3.05) is 0 Å². The van der Waals surface area contributed by atoms with E-state index in [-0.39, 0.29) is 17.8 Å². The monoisotopic (exact) mass is 452 g/mol. The van der Waals surface area contributed by atoms with E-state index in [0.29, 0.717) is 0 Å². The molecule has 3 nitrogen and oxygen atoms in total. The molecular weight excluding hydrogens is 396 g/mol. The molecular formula is C29H56O3. The van der Waals surface area contributed by atoms with Crippen LogP contribution in [0.25, 0.3) is 0 Å². The molecule has 3 unspecified atom stereocenters. The summed E-state index contributed by atoms with van der Waals surface area (Å²) in [6.45, 7) is 11.6. The first kappa shape index (κ1) is 31.2. The molecule has 0 bridgehead atoms. The van der Waals surface area contributed by atoms with Crippen molar-refractivity contribution in [2.45, 2.75) is 156 Å². The molecule has 0 aliphatic carbocycles. The number of ether oxygens (including phenoxy) is 1. The average Bonchev–Trinajstić information content (AvgIpc) is 2.75. The molecule has 0 saturated carbocycles. The topological polar surface area (TPSA) is 46.5 Å². The lowest BCUT2D eigenvalue weighted by Gasteiger charge is -2.34. The number of aliphatic hydroxyl groups is 1. The molecule has 190 valence electrons. The molecule has 0 aromatic rings. The summed E-state index contributed by atoms with van der Waals surface area (Å²) in [6.07, 6.45) is 24.7. The Balaban J connectivity index is 3.57. The molecule has 3 heteroatoms. The number of allylic oxidation sites excluding steroid dienone is 2. The van der Waals surface area contributed by atoms with Crippen LogP contribution in [0.4, 0.5) is 0 Å². The Morgan fingerprint density at radius 1 is 0.781 bits per heavy atom. The van der Waals surface area contributed by atoms with Gasteiger partial charge in [0.2, 0.25) is 0 Å². The summed E-state index contributed by atoms with van der Waals surface area (Å²) in [4.78, 5) is 12.3. The molecule has 3 atom stereocenters. The molecule has 0 aliphatic rings. The normalized spacial score (nSPS) is 15.8. The summed E-state index contributed by atoms with van der Waals surface area (Å²) in [5.74, 6) is -0.232. The van der Waals surface area contributed by atoms with Gasteiger partial charge in [0.25, 0.3) is 0 Å². The van der Waals surface area contributed by atoms with Gasteiger partial charge in [0, 0.05) is 0 Å². The van der Waals surface area contributed by atoms with Crippen molar-refractivity contribution in [3.63, 3.8) is 0 Å². The summed E-state index contributed by atoms with van der Waals surface area (Å²) in [5, 5.41) is 10.4.